The van der Waals surface area contributed by atoms with E-state index in [9.17, 15) is 4.39 Å². The summed E-state index contributed by atoms with van der Waals surface area (Å²) in [4.78, 5) is 4.29. The molecule has 0 unspecified atom stereocenters. The Morgan fingerprint density at radius 2 is 1.86 bits per heavy atom. The number of ether oxygens (including phenoxy) is 2. The molecule has 1 aromatic heterocycles. The Kier molecular flexibility index (Phi) is 8.70. The van der Waals surface area contributed by atoms with Crippen LogP contribution in [0.4, 0.5) is 4.39 Å². The maximum Gasteiger partial charge on any atom is 0.175 e. The third-order valence-corrected chi connectivity index (χ3v) is 4.57. The van der Waals surface area contributed by atoms with Gasteiger partial charge in [0.25, 0.3) is 0 Å². The molecule has 0 amide bonds. The fraction of sp³-hybridized carbons (Fsp3) is 0.190. The van der Waals surface area contributed by atoms with E-state index in [0.29, 0.717) is 30.2 Å². The molecule has 4 nitrogen and oxygen atoms in total. The first kappa shape index (κ1) is 22.1. The smallest absolute Gasteiger partial charge is 0.175 e. The molecule has 0 aliphatic carbocycles. The van der Waals surface area contributed by atoms with Crippen LogP contribution in [0.5, 0.6) is 11.5 Å². The van der Waals surface area contributed by atoms with Crippen LogP contribution in [0.25, 0.3) is 0 Å². The molecule has 3 aromatic rings. The van der Waals surface area contributed by atoms with Gasteiger partial charge < -0.3 is 14.8 Å². The molecule has 0 saturated heterocycles. The van der Waals surface area contributed by atoms with Crippen LogP contribution < -0.4 is 14.8 Å². The second kappa shape index (κ2) is 11.0. The van der Waals surface area contributed by atoms with E-state index in [0.717, 1.165) is 15.7 Å². The lowest BCUT2D eigenvalue weighted by molar-refractivity contribution is 0.277. The highest BCUT2D eigenvalue weighted by atomic mass is 79.9. The third kappa shape index (κ3) is 5.92. The minimum absolute atomic E-state index is 0. The van der Waals surface area contributed by atoms with Gasteiger partial charge in [0, 0.05) is 24.8 Å². The first-order chi connectivity index (χ1) is 13.2. The number of hydrogen-bond acceptors (Lipinski definition) is 4. The van der Waals surface area contributed by atoms with E-state index in [1.54, 1.807) is 31.5 Å². The average molecular weight is 468 g/mol. The molecular weight excluding hydrogens is 447 g/mol. The van der Waals surface area contributed by atoms with Crippen molar-refractivity contribution in [2.45, 2.75) is 19.7 Å². The van der Waals surface area contributed by atoms with Crippen LogP contribution >= 0.6 is 28.3 Å². The summed E-state index contributed by atoms with van der Waals surface area (Å²) in [6.07, 6.45) is 1.78. The summed E-state index contributed by atoms with van der Waals surface area (Å²) in [5.41, 5.74) is 2.51. The maximum atomic E-state index is 13.8. The van der Waals surface area contributed by atoms with E-state index in [1.807, 2.05) is 30.3 Å². The molecule has 0 atom stereocenters. The van der Waals surface area contributed by atoms with E-state index in [1.165, 1.54) is 6.07 Å². The van der Waals surface area contributed by atoms with Gasteiger partial charge in [0.05, 0.1) is 17.3 Å². The van der Waals surface area contributed by atoms with Gasteiger partial charge in [-0.2, -0.15) is 0 Å². The van der Waals surface area contributed by atoms with Crippen LogP contribution in [0.1, 0.15) is 16.8 Å². The van der Waals surface area contributed by atoms with Crippen LogP contribution in [0.2, 0.25) is 0 Å². The van der Waals surface area contributed by atoms with Gasteiger partial charge in [-0.05, 0) is 51.8 Å². The molecule has 3 rings (SSSR count). The highest BCUT2D eigenvalue weighted by Crippen LogP contribution is 2.37. The standard InChI is InChI=1S/C21H20BrFN2O2.ClH/c1-26-20-11-15(12-24-13-17-7-4-5-9-25-17)10-18(22)21(20)27-14-16-6-2-3-8-19(16)23;/h2-11,24H,12-14H2,1H3;1H. The number of benzene rings is 2. The third-order valence-electron chi connectivity index (χ3n) is 3.98. The van der Waals surface area contributed by atoms with Crippen molar-refractivity contribution in [3.05, 3.63) is 87.9 Å². The van der Waals surface area contributed by atoms with Crippen molar-refractivity contribution >= 4 is 28.3 Å². The van der Waals surface area contributed by atoms with Crippen molar-refractivity contribution in [1.82, 2.24) is 10.3 Å². The highest BCUT2D eigenvalue weighted by Gasteiger charge is 2.13. The van der Waals surface area contributed by atoms with Gasteiger partial charge in [0.15, 0.2) is 11.5 Å². The van der Waals surface area contributed by atoms with E-state index in [-0.39, 0.29) is 24.8 Å². The van der Waals surface area contributed by atoms with Gasteiger partial charge >= 0.3 is 0 Å². The molecule has 148 valence electrons. The van der Waals surface area contributed by atoms with Crippen molar-refractivity contribution in [1.29, 1.82) is 0 Å². The predicted molar refractivity (Wildman–Crippen MR) is 113 cm³/mol. The maximum absolute atomic E-state index is 13.8. The molecule has 0 saturated carbocycles. The quantitative estimate of drug-likeness (QED) is 0.489. The highest BCUT2D eigenvalue weighted by molar-refractivity contribution is 9.10. The van der Waals surface area contributed by atoms with Crippen molar-refractivity contribution in [3.63, 3.8) is 0 Å². The van der Waals surface area contributed by atoms with E-state index < -0.39 is 0 Å². The number of aromatic nitrogens is 1. The summed E-state index contributed by atoms with van der Waals surface area (Å²) in [6.45, 7) is 1.45. The summed E-state index contributed by atoms with van der Waals surface area (Å²) in [7, 11) is 1.59. The Hall–Kier alpha value is -2.15. The zero-order valence-corrected chi connectivity index (χ0v) is 17.7. The largest absolute Gasteiger partial charge is 0.493 e. The minimum atomic E-state index is -0.289. The molecule has 0 spiro atoms. The topological polar surface area (TPSA) is 43.4 Å². The van der Waals surface area contributed by atoms with Gasteiger partial charge in [-0.3, -0.25) is 4.98 Å². The molecule has 0 radical (unpaired) electrons. The van der Waals surface area contributed by atoms with Gasteiger partial charge in [-0.25, -0.2) is 4.39 Å². The summed E-state index contributed by atoms with van der Waals surface area (Å²) >= 11 is 3.53. The van der Waals surface area contributed by atoms with Crippen LogP contribution in [-0.2, 0) is 19.7 Å². The number of halogens is 3. The molecule has 1 heterocycles. The molecule has 0 aliphatic heterocycles. The SMILES string of the molecule is COc1cc(CNCc2ccccn2)cc(Br)c1OCc1ccccc1F.Cl. The zero-order chi connectivity index (χ0) is 19.1. The predicted octanol–water partition coefficient (Wildman–Crippen LogP) is 5.28. The van der Waals surface area contributed by atoms with E-state index in [2.05, 4.69) is 26.2 Å². The minimum Gasteiger partial charge on any atom is -0.493 e. The van der Waals surface area contributed by atoms with Crippen molar-refractivity contribution in [2.24, 2.45) is 0 Å². The molecular formula is C21H21BrClFN2O2. The summed E-state index contributed by atoms with van der Waals surface area (Å²) in [6, 6.07) is 16.3. The molecule has 28 heavy (non-hydrogen) atoms. The first-order valence-corrected chi connectivity index (χ1v) is 9.30. The van der Waals surface area contributed by atoms with Gasteiger partial charge in [0.1, 0.15) is 12.4 Å². The van der Waals surface area contributed by atoms with Gasteiger partial charge in [0.2, 0.25) is 0 Å². The number of pyridine rings is 1. The second-order valence-corrected chi connectivity index (χ2v) is 6.77. The van der Waals surface area contributed by atoms with Crippen LogP contribution in [-0.4, -0.2) is 12.1 Å². The normalized spacial score (nSPS) is 10.2. The average Bonchev–Trinajstić information content (AvgIpc) is 2.69. The number of rotatable bonds is 8. The summed E-state index contributed by atoms with van der Waals surface area (Å²) in [5.74, 6) is 0.854. The molecule has 1 N–H and O–H groups in total. The molecule has 0 fully saturated rings. The number of methoxy groups -OCH3 is 1. The first-order valence-electron chi connectivity index (χ1n) is 8.50. The Bertz CT molecular complexity index is 897. The fourth-order valence-corrected chi connectivity index (χ4v) is 3.22. The Balaban J connectivity index is 0.00000280. The second-order valence-electron chi connectivity index (χ2n) is 5.91. The fourth-order valence-electron chi connectivity index (χ4n) is 2.62. The van der Waals surface area contributed by atoms with Crippen molar-refractivity contribution in [2.75, 3.05) is 7.11 Å². The van der Waals surface area contributed by atoms with Gasteiger partial charge in [-0.15, -0.1) is 12.4 Å². The Morgan fingerprint density at radius 3 is 2.57 bits per heavy atom. The zero-order valence-electron chi connectivity index (χ0n) is 15.3. The summed E-state index contributed by atoms with van der Waals surface area (Å²) in [5, 5.41) is 3.35. The lowest BCUT2D eigenvalue weighted by Crippen LogP contribution is -2.13. The number of nitrogens with zero attached hydrogens (tertiary/aromatic N) is 1. The molecule has 0 aliphatic rings. The molecule has 2 aromatic carbocycles. The van der Waals surface area contributed by atoms with Crippen LogP contribution in [0.3, 0.4) is 0 Å². The molecule has 7 heteroatoms. The monoisotopic (exact) mass is 466 g/mol. The molecule has 0 bridgehead atoms. The lowest BCUT2D eigenvalue weighted by Gasteiger charge is -2.15. The van der Waals surface area contributed by atoms with Crippen molar-refractivity contribution in [3.8, 4) is 11.5 Å². The van der Waals surface area contributed by atoms with Crippen molar-refractivity contribution < 1.29 is 13.9 Å². The lowest BCUT2D eigenvalue weighted by atomic mass is 10.2. The Labute approximate surface area is 178 Å². The Morgan fingerprint density at radius 1 is 1.07 bits per heavy atom. The van der Waals surface area contributed by atoms with Crippen LogP contribution in [0, 0.1) is 5.82 Å². The number of nitrogens with one attached hydrogen (secondary N) is 1. The van der Waals surface area contributed by atoms with Gasteiger partial charge in [-0.1, -0.05) is 24.3 Å². The van der Waals surface area contributed by atoms with Crippen LogP contribution in [0.15, 0.2) is 65.3 Å². The van der Waals surface area contributed by atoms with E-state index in [4.69, 9.17) is 9.47 Å². The summed E-state index contributed by atoms with van der Waals surface area (Å²) < 4.78 is 25.8. The van der Waals surface area contributed by atoms with E-state index >= 15 is 0 Å². The number of hydrogen-bond donors (Lipinski definition) is 1.